The van der Waals surface area contributed by atoms with Crippen molar-refractivity contribution in [2.24, 2.45) is 5.92 Å². The van der Waals surface area contributed by atoms with Crippen molar-refractivity contribution in [2.45, 2.75) is 65.3 Å². The van der Waals surface area contributed by atoms with Gasteiger partial charge >= 0.3 is 12.1 Å². The van der Waals surface area contributed by atoms with Crippen molar-refractivity contribution in [3.63, 3.8) is 0 Å². The molecule has 0 saturated carbocycles. The van der Waals surface area contributed by atoms with E-state index in [9.17, 15) is 19.5 Å². The molecule has 2 rings (SSSR count). The Balaban J connectivity index is 2.06. The number of likely N-dealkylation sites (N-methyl/N-ethyl adjacent to an activating group) is 1. The van der Waals surface area contributed by atoms with Gasteiger partial charge < -0.3 is 24.8 Å². The third-order valence-corrected chi connectivity index (χ3v) is 5.30. The summed E-state index contributed by atoms with van der Waals surface area (Å²) in [7, 11) is 1.44. The molecule has 0 aliphatic heterocycles. The Bertz CT molecular complexity index is 983. The van der Waals surface area contributed by atoms with Gasteiger partial charge in [0.1, 0.15) is 30.0 Å². The first kappa shape index (κ1) is 27.7. The van der Waals surface area contributed by atoms with Crippen LogP contribution >= 0.6 is 0 Å². The highest BCUT2D eigenvalue weighted by atomic mass is 16.5. The van der Waals surface area contributed by atoms with E-state index in [1.165, 1.54) is 11.9 Å². The van der Waals surface area contributed by atoms with Crippen LogP contribution in [0.15, 0.2) is 54.6 Å². The Kier molecular flexibility index (Phi) is 9.68. The standard InChI is InChI=1S/C27H36N2O6/c1-18(2)23(28-26(33)34-17-20-10-8-7-9-11-20)24(30)29(6)22(25(31)32)16-19-12-14-21(15-13-19)35-27(3,4)5/h7-15,18,22-23H,16-17H2,1-6H3,(H,28,33)(H,31,32)/t22-,23-/m0/s1. The average molecular weight is 485 g/mol. The number of nitrogens with zero attached hydrogens (tertiary/aromatic N) is 1. The van der Waals surface area contributed by atoms with Gasteiger partial charge in [-0.1, -0.05) is 56.3 Å². The largest absolute Gasteiger partial charge is 0.488 e. The summed E-state index contributed by atoms with van der Waals surface area (Å²) in [6.07, 6.45) is -0.632. The number of carbonyl (C=O) groups excluding carboxylic acids is 2. The predicted octanol–water partition coefficient (Wildman–Crippen LogP) is 4.27. The molecule has 8 heteroatoms. The van der Waals surface area contributed by atoms with Crippen LogP contribution in [0.4, 0.5) is 4.79 Å². The van der Waals surface area contributed by atoms with E-state index in [-0.39, 0.29) is 24.5 Å². The van der Waals surface area contributed by atoms with E-state index in [4.69, 9.17) is 9.47 Å². The Labute approximate surface area is 207 Å². The number of aliphatic carboxylic acids is 1. The lowest BCUT2D eigenvalue weighted by Crippen LogP contribution is -2.54. The third-order valence-electron chi connectivity index (χ3n) is 5.30. The molecule has 0 bridgehead atoms. The third kappa shape index (κ3) is 8.96. The number of alkyl carbamates (subject to hydrolysis) is 1. The van der Waals surface area contributed by atoms with Gasteiger partial charge in [-0.2, -0.15) is 0 Å². The van der Waals surface area contributed by atoms with Gasteiger partial charge in [0.25, 0.3) is 0 Å². The molecule has 2 aromatic rings. The summed E-state index contributed by atoms with van der Waals surface area (Å²) in [5.41, 5.74) is 1.21. The number of rotatable bonds is 10. The molecule has 8 nitrogen and oxygen atoms in total. The van der Waals surface area contributed by atoms with Gasteiger partial charge in [-0.25, -0.2) is 9.59 Å². The Morgan fingerprint density at radius 3 is 2.09 bits per heavy atom. The molecule has 0 fully saturated rings. The number of hydrogen-bond donors (Lipinski definition) is 2. The van der Waals surface area contributed by atoms with Crippen LogP contribution in [0.5, 0.6) is 5.75 Å². The van der Waals surface area contributed by atoms with Gasteiger partial charge in [-0.3, -0.25) is 4.79 Å². The molecule has 0 saturated heterocycles. The quantitative estimate of drug-likeness (QED) is 0.522. The van der Waals surface area contributed by atoms with Crippen LogP contribution in [0.3, 0.4) is 0 Å². The minimum absolute atomic E-state index is 0.0637. The molecule has 0 spiro atoms. The van der Waals surface area contributed by atoms with Gasteiger partial charge in [0.05, 0.1) is 0 Å². The lowest BCUT2D eigenvalue weighted by atomic mass is 10.00. The van der Waals surface area contributed by atoms with Crippen LogP contribution in [0.25, 0.3) is 0 Å². The molecule has 0 aliphatic carbocycles. The highest BCUT2D eigenvalue weighted by molar-refractivity contribution is 5.89. The molecule has 2 atom stereocenters. The SMILES string of the molecule is CC(C)[C@H](NC(=O)OCc1ccccc1)C(=O)N(C)[C@@H](Cc1ccc(OC(C)(C)C)cc1)C(=O)O. The first-order valence-corrected chi connectivity index (χ1v) is 11.6. The summed E-state index contributed by atoms with van der Waals surface area (Å²) < 4.78 is 11.0. The smallest absolute Gasteiger partial charge is 0.408 e. The van der Waals surface area contributed by atoms with Crippen LogP contribution in [0, 0.1) is 5.92 Å². The van der Waals surface area contributed by atoms with E-state index in [1.807, 2.05) is 51.1 Å². The number of hydrogen-bond acceptors (Lipinski definition) is 5. The van der Waals surface area contributed by atoms with Crippen LogP contribution < -0.4 is 10.1 Å². The zero-order chi connectivity index (χ0) is 26.2. The zero-order valence-corrected chi connectivity index (χ0v) is 21.3. The van der Waals surface area contributed by atoms with Gasteiger partial charge in [0.15, 0.2) is 0 Å². The normalized spacial score (nSPS) is 13.0. The van der Waals surface area contributed by atoms with E-state index < -0.39 is 30.1 Å². The molecule has 0 aliphatic rings. The van der Waals surface area contributed by atoms with Crippen molar-refractivity contribution < 1.29 is 29.0 Å². The molecule has 0 aromatic heterocycles. The van der Waals surface area contributed by atoms with Gasteiger partial charge in [-0.05, 0) is 49.9 Å². The van der Waals surface area contributed by atoms with Crippen LogP contribution in [0.1, 0.15) is 45.7 Å². The number of ether oxygens (including phenoxy) is 2. The second-order valence-electron chi connectivity index (χ2n) is 9.79. The number of amides is 2. The summed E-state index contributed by atoms with van der Waals surface area (Å²) in [6, 6.07) is 14.3. The van der Waals surface area contributed by atoms with E-state index in [1.54, 1.807) is 38.1 Å². The molecule has 2 amide bonds. The average Bonchev–Trinajstić information content (AvgIpc) is 2.79. The van der Waals surface area contributed by atoms with Crippen molar-refractivity contribution in [1.29, 1.82) is 0 Å². The fourth-order valence-corrected chi connectivity index (χ4v) is 3.44. The van der Waals surface area contributed by atoms with Crippen molar-refractivity contribution >= 4 is 18.0 Å². The zero-order valence-electron chi connectivity index (χ0n) is 21.3. The number of carboxylic acid groups (broad SMARTS) is 1. The summed E-state index contributed by atoms with van der Waals surface area (Å²) in [4.78, 5) is 38.8. The van der Waals surface area contributed by atoms with Gasteiger partial charge in [-0.15, -0.1) is 0 Å². The van der Waals surface area contributed by atoms with E-state index in [0.29, 0.717) is 5.75 Å². The summed E-state index contributed by atoms with van der Waals surface area (Å²) in [6.45, 7) is 9.44. The minimum Gasteiger partial charge on any atom is -0.488 e. The number of benzene rings is 2. The van der Waals surface area contributed by atoms with Gasteiger partial charge in [0.2, 0.25) is 5.91 Å². The molecule has 0 heterocycles. The molecular formula is C27H36N2O6. The monoisotopic (exact) mass is 484 g/mol. The highest BCUT2D eigenvalue weighted by Crippen LogP contribution is 2.20. The Morgan fingerprint density at radius 2 is 1.57 bits per heavy atom. The summed E-state index contributed by atoms with van der Waals surface area (Å²) in [5, 5.41) is 12.4. The Morgan fingerprint density at radius 1 is 0.971 bits per heavy atom. The molecule has 35 heavy (non-hydrogen) atoms. The maximum Gasteiger partial charge on any atom is 0.408 e. The number of carbonyl (C=O) groups is 3. The van der Waals surface area contributed by atoms with E-state index in [2.05, 4.69) is 5.32 Å². The molecule has 0 radical (unpaired) electrons. The van der Waals surface area contributed by atoms with Crippen molar-refractivity contribution in [3.05, 3.63) is 65.7 Å². The van der Waals surface area contributed by atoms with Crippen molar-refractivity contribution in [2.75, 3.05) is 7.05 Å². The maximum absolute atomic E-state index is 13.2. The van der Waals surface area contributed by atoms with E-state index >= 15 is 0 Å². The second kappa shape index (κ2) is 12.2. The number of carboxylic acids is 1. The summed E-state index contributed by atoms with van der Waals surface area (Å²) >= 11 is 0. The second-order valence-corrected chi connectivity index (χ2v) is 9.79. The highest BCUT2D eigenvalue weighted by Gasteiger charge is 2.34. The Hall–Kier alpha value is -3.55. The fraction of sp³-hybridized carbons (Fsp3) is 0.444. The lowest BCUT2D eigenvalue weighted by molar-refractivity contribution is -0.150. The minimum atomic E-state index is -1.13. The number of nitrogens with one attached hydrogen (secondary N) is 1. The topological polar surface area (TPSA) is 105 Å². The maximum atomic E-state index is 13.2. The van der Waals surface area contributed by atoms with Crippen molar-refractivity contribution in [3.8, 4) is 5.75 Å². The van der Waals surface area contributed by atoms with Crippen LogP contribution in [0.2, 0.25) is 0 Å². The molecule has 0 unspecified atom stereocenters. The van der Waals surface area contributed by atoms with Crippen LogP contribution in [-0.2, 0) is 27.4 Å². The molecule has 190 valence electrons. The predicted molar refractivity (Wildman–Crippen MR) is 133 cm³/mol. The lowest BCUT2D eigenvalue weighted by Gasteiger charge is -2.31. The van der Waals surface area contributed by atoms with Crippen LogP contribution in [-0.4, -0.2) is 52.7 Å². The summed E-state index contributed by atoms with van der Waals surface area (Å²) in [5.74, 6) is -1.24. The van der Waals surface area contributed by atoms with E-state index in [0.717, 1.165) is 11.1 Å². The van der Waals surface area contributed by atoms with Gasteiger partial charge in [0, 0.05) is 13.5 Å². The first-order valence-electron chi connectivity index (χ1n) is 11.6. The molecule has 2 aromatic carbocycles. The molecule has 2 N–H and O–H groups in total. The first-order chi connectivity index (χ1) is 16.4. The van der Waals surface area contributed by atoms with Crippen molar-refractivity contribution in [1.82, 2.24) is 10.2 Å². The fourth-order valence-electron chi connectivity index (χ4n) is 3.44. The molecular weight excluding hydrogens is 448 g/mol.